The number of nitrogens with two attached hydrogens (primary N) is 1. The molecule has 3 N–H and O–H groups in total. The fraction of sp³-hybridized carbons (Fsp3) is 0.200. The van der Waals surface area contributed by atoms with Crippen molar-refractivity contribution in [1.82, 2.24) is 4.42 Å². The Morgan fingerprint density at radius 2 is 1.74 bits per heavy atom. The molecule has 3 aromatic carbocycles. The predicted octanol–water partition coefficient (Wildman–Crippen LogP) is 5.31. The number of halogens is 3. The molecule has 35 heavy (non-hydrogen) atoms. The third kappa shape index (κ3) is 6.26. The molecule has 0 heterocycles. The monoisotopic (exact) mass is 503 g/mol. The van der Waals surface area contributed by atoms with Crippen LogP contribution in [0.4, 0.5) is 8.78 Å². The molecule has 0 aliphatic carbocycles. The van der Waals surface area contributed by atoms with Gasteiger partial charge in [-0.3, -0.25) is 10.2 Å². The van der Waals surface area contributed by atoms with E-state index in [1.807, 2.05) is 6.07 Å². The second kappa shape index (κ2) is 11.6. The van der Waals surface area contributed by atoms with Crippen molar-refractivity contribution in [1.29, 1.82) is 5.41 Å². The molecule has 0 aliphatic rings. The number of ether oxygens (including phenoxy) is 3. The quantitative estimate of drug-likeness (QED) is 0.222. The van der Waals surface area contributed by atoms with E-state index < -0.39 is 29.2 Å². The van der Waals surface area contributed by atoms with Crippen LogP contribution in [-0.4, -0.2) is 29.9 Å². The van der Waals surface area contributed by atoms with Gasteiger partial charge in [-0.15, -0.1) is 0 Å². The van der Waals surface area contributed by atoms with Crippen molar-refractivity contribution in [2.45, 2.75) is 19.6 Å². The zero-order chi connectivity index (χ0) is 25.5. The number of rotatable bonds is 10. The number of nitrogen functional groups attached to an aromatic ring is 1. The lowest BCUT2D eigenvalue weighted by Crippen LogP contribution is -2.30. The number of hydrogen-bond acceptors (Lipinski definition) is 5. The highest BCUT2D eigenvalue weighted by Gasteiger charge is 2.32. The summed E-state index contributed by atoms with van der Waals surface area (Å²) in [7, 11) is 1.27. The van der Waals surface area contributed by atoms with Crippen molar-refractivity contribution in [3.63, 3.8) is 0 Å². The molecule has 1 unspecified atom stereocenters. The van der Waals surface area contributed by atoms with Crippen molar-refractivity contribution in [3.8, 4) is 17.2 Å². The standard InChI is InChI=1S/C25H24ClF2N3O4/c1-3-34-23(22-19(27)12-18(33-2)13-20(22)28)25(32)31(26)14-16-10-9-15(24(29)30)11-21(16)35-17-7-5-4-6-8-17/h4-13,23H,3,14H2,1-2H3,(H3,29,30). The van der Waals surface area contributed by atoms with Gasteiger partial charge in [0, 0.05) is 41.6 Å². The van der Waals surface area contributed by atoms with E-state index in [1.54, 1.807) is 49.4 Å². The molecule has 1 amide bonds. The van der Waals surface area contributed by atoms with E-state index in [0.29, 0.717) is 22.6 Å². The van der Waals surface area contributed by atoms with E-state index >= 15 is 0 Å². The van der Waals surface area contributed by atoms with Crippen LogP contribution in [0.15, 0.2) is 60.7 Å². The van der Waals surface area contributed by atoms with Crippen LogP contribution in [0.5, 0.6) is 17.2 Å². The Bertz CT molecular complexity index is 1190. The first kappa shape index (κ1) is 25.9. The first-order chi connectivity index (χ1) is 16.7. The van der Waals surface area contributed by atoms with Crippen LogP contribution in [0.25, 0.3) is 0 Å². The van der Waals surface area contributed by atoms with E-state index in [1.165, 1.54) is 7.11 Å². The first-order valence-corrected chi connectivity index (χ1v) is 10.9. The molecule has 0 saturated heterocycles. The number of amides is 1. The summed E-state index contributed by atoms with van der Waals surface area (Å²) >= 11 is 6.30. The van der Waals surface area contributed by atoms with Crippen molar-refractivity contribution in [2.24, 2.45) is 5.73 Å². The Hall–Kier alpha value is -3.69. The molecule has 0 aromatic heterocycles. The van der Waals surface area contributed by atoms with Crippen LogP contribution in [0, 0.1) is 17.0 Å². The number of nitrogens with one attached hydrogen (secondary N) is 1. The van der Waals surface area contributed by atoms with Gasteiger partial charge in [0.2, 0.25) is 0 Å². The highest BCUT2D eigenvalue weighted by molar-refractivity contribution is 6.21. The Morgan fingerprint density at radius 1 is 1.09 bits per heavy atom. The van der Waals surface area contributed by atoms with E-state index in [4.69, 9.17) is 37.1 Å². The molecule has 1 atom stereocenters. The molecule has 0 fully saturated rings. The molecule has 0 bridgehead atoms. The van der Waals surface area contributed by atoms with E-state index in [2.05, 4.69) is 0 Å². The van der Waals surface area contributed by atoms with Crippen LogP contribution in [0.2, 0.25) is 0 Å². The Balaban J connectivity index is 1.92. The van der Waals surface area contributed by atoms with Gasteiger partial charge in [-0.1, -0.05) is 30.3 Å². The maximum Gasteiger partial charge on any atom is 0.271 e. The summed E-state index contributed by atoms with van der Waals surface area (Å²) in [5.41, 5.74) is 5.90. The largest absolute Gasteiger partial charge is 0.497 e. The minimum absolute atomic E-state index is 0.00171. The molecular weight excluding hydrogens is 480 g/mol. The zero-order valence-electron chi connectivity index (χ0n) is 19.1. The second-order valence-corrected chi connectivity index (χ2v) is 7.76. The molecule has 0 spiro atoms. The van der Waals surface area contributed by atoms with Crippen molar-refractivity contribution >= 4 is 23.5 Å². The lowest BCUT2D eigenvalue weighted by Gasteiger charge is -2.23. The summed E-state index contributed by atoms with van der Waals surface area (Å²) in [5.74, 6) is -2.28. The maximum atomic E-state index is 14.7. The number of amidine groups is 1. The van der Waals surface area contributed by atoms with Crippen LogP contribution in [-0.2, 0) is 16.1 Å². The number of benzene rings is 3. The summed E-state index contributed by atoms with van der Waals surface area (Å²) in [6, 6.07) is 15.5. The summed E-state index contributed by atoms with van der Waals surface area (Å²) in [6.07, 6.45) is -1.63. The zero-order valence-corrected chi connectivity index (χ0v) is 19.8. The van der Waals surface area contributed by atoms with Gasteiger partial charge in [0.1, 0.15) is 34.7 Å². The molecule has 3 rings (SSSR count). The Kier molecular flexibility index (Phi) is 8.62. The lowest BCUT2D eigenvalue weighted by molar-refractivity contribution is -0.139. The lowest BCUT2D eigenvalue weighted by atomic mass is 10.1. The maximum absolute atomic E-state index is 14.7. The van der Waals surface area contributed by atoms with E-state index in [0.717, 1.165) is 16.6 Å². The van der Waals surface area contributed by atoms with Gasteiger partial charge in [-0.05, 0) is 25.1 Å². The third-order valence-electron chi connectivity index (χ3n) is 5.01. The average Bonchev–Trinajstić information content (AvgIpc) is 2.84. The number of para-hydroxylation sites is 1. The number of hydrogen-bond donors (Lipinski definition) is 2. The number of nitrogens with zero attached hydrogens (tertiary/aromatic N) is 1. The van der Waals surface area contributed by atoms with Crippen molar-refractivity contribution < 1.29 is 27.8 Å². The third-order valence-corrected chi connectivity index (χ3v) is 5.29. The number of carbonyl (C=O) groups is 1. The minimum Gasteiger partial charge on any atom is -0.497 e. The topological polar surface area (TPSA) is 97.9 Å². The fourth-order valence-electron chi connectivity index (χ4n) is 3.29. The molecule has 184 valence electrons. The summed E-state index contributed by atoms with van der Waals surface area (Å²) in [4.78, 5) is 13.2. The van der Waals surface area contributed by atoms with Gasteiger partial charge in [-0.2, -0.15) is 0 Å². The smallest absolute Gasteiger partial charge is 0.271 e. The van der Waals surface area contributed by atoms with E-state index in [9.17, 15) is 13.6 Å². The normalized spacial score (nSPS) is 11.6. The molecule has 0 saturated carbocycles. The predicted molar refractivity (Wildman–Crippen MR) is 128 cm³/mol. The van der Waals surface area contributed by atoms with Crippen LogP contribution in [0.3, 0.4) is 0 Å². The van der Waals surface area contributed by atoms with Crippen LogP contribution >= 0.6 is 11.8 Å². The van der Waals surface area contributed by atoms with Crippen molar-refractivity contribution in [3.05, 3.63) is 89.0 Å². The molecule has 0 aliphatic heterocycles. The van der Waals surface area contributed by atoms with Gasteiger partial charge in [-0.25, -0.2) is 13.2 Å². The summed E-state index contributed by atoms with van der Waals surface area (Å²) < 4.78 is 46.3. The molecular formula is C25H24ClF2N3O4. The van der Waals surface area contributed by atoms with Gasteiger partial charge < -0.3 is 19.9 Å². The first-order valence-electron chi connectivity index (χ1n) is 10.6. The highest BCUT2D eigenvalue weighted by atomic mass is 35.5. The fourth-order valence-corrected chi connectivity index (χ4v) is 3.51. The second-order valence-electron chi connectivity index (χ2n) is 7.35. The van der Waals surface area contributed by atoms with Gasteiger partial charge >= 0.3 is 0 Å². The summed E-state index contributed by atoms with van der Waals surface area (Å²) in [6.45, 7) is 1.40. The number of methoxy groups -OCH3 is 1. The molecule has 10 heteroatoms. The van der Waals surface area contributed by atoms with Gasteiger partial charge in [0.15, 0.2) is 6.10 Å². The SMILES string of the molecule is CCOC(C(=O)N(Cl)Cc1ccc(C(=N)N)cc1Oc1ccccc1)c1c(F)cc(OC)cc1F. The average molecular weight is 504 g/mol. The van der Waals surface area contributed by atoms with Gasteiger partial charge in [0.25, 0.3) is 5.91 Å². The Labute approximate surface area is 206 Å². The van der Waals surface area contributed by atoms with Gasteiger partial charge in [0.05, 0.1) is 19.2 Å². The van der Waals surface area contributed by atoms with E-state index in [-0.39, 0.29) is 24.7 Å². The van der Waals surface area contributed by atoms with Crippen molar-refractivity contribution in [2.75, 3.05) is 13.7 Å². The molecule has 0 radical (unpaired) electrons. The molecule has 7 nitrogen and oxygen atoms in total. The van der Waals surface area contributed by atoms with Crippen LogP contribution in [0.1, 0.15) is 29.7 Å². The van der Waals surface area contributed by atoms with Crippen LogP contribution < -0.4 is 15.2 Å². The number of carbonyl (C=O) groups excluding carboxylic acids is 1. The summed E-state index contributed by atoms with van der Waals surface area (Å²) in [5, 5.41) is 7.69. The molecule has 3 aromatic rings. The highest BCUT2D eigenvalue weighted by Crippen LogP contribution is 2.32. The minimum atomic E-state index is -1.63. The Morgan fingerprint density at radius 3 is 2.31 bits per heavy atom.